The molecule has 28 heavy (non-hydrogen) atoms. The van der Waals surface area contributed by atoms with Gasteiger partial charge in [0.25, 0.3) is 11.8 Å². The fourth-order valence-corrected chi connectivity index (χ4v) is 2.89. The third kappa shape index (κ3) is 4.60. The summed E-state index contributed by atoms with van der Waals surface area (Å²) in [5.74, 6) is -0.427. The van der Waals surface area contributed by atoms with Crippen LogP contribution in [0.3, 0.4) is 0 Å². The first kappa shape index (κ1) is 19.7. The summed E-state index contributed by atoms with van der Waals surface area (Å²) in [5, 5.41) is 11.3. The molecular formula is C21H27N5O2. The van der Waals surface area contributed by atoms with Crippen molar-refractivity contribution < 1.29 is 9.59 Å². The van der Waals surface area contributed by atoms with Gasteiger partial charge in [0.05, 0.1) is 11.4 Å². The highest BCUT2D eigenvalue weighted by molar-refractivity contribution is 5.96. The Morgan fingerprint density at radius 2 is 1.96 bits per heavy atom. The van der Waals surface area contributed by atoms with E-state index in [1.165, 1.54) is 5.57 Å². The number of amides is 2. The molecule has 0 bridgehead atoms. The molecular weight excluding hydrogens is 354 g/mol. The fourth-order valence-electron chi connectivity index (χ4n) is 2.89. The predicted octanol–water partition coefficient (Wildman–Crippen LogP) is 2.42. The van der Waals surface area contributed by atoms with Crippen molar-refractivity contribution in [3.63, 3.8) is 0 Å². The van der Waals surface area contributed by atoms with Crippen LogP contribution < -0.4 is 21.4 Å². The van der Waals surface area contributed by atoms with Crippen LogP contribution in [-0.4, -0.2) is 31.1 Å². The molecule has 0 radical (unpaired) electrons. The van der Waals surface area contributed by atoms with Crippen molar-refractivity contribution in [2.45, 2.75) is 45.1 Å². The van der Waals surface area contributed by atoms with E-state index in [1.54, 1.807) is 29.3 Å². The van der Waals surface area contributed by atoms with Crippen molar-refractivity contribution >= 4 is 24.2 Å². The van der Waals surface area contributed by atoms with Crippen LogP contribution in [0.2, 0.25) is 0 Å². The van der Waals surface area contributed by atoms with Gasteiger partial charge in [-0.15, -0.1) is 0 Å². The van der Waals surface area contributed by atoms with Crippen molar-refractivity contribution in [1.29, 1.82) is 0 Å². The van der Waals surface area contributed by atoms with Gasteiger partial charge in [0, 0.05) is 24.9 Å². The zero-order valence-corrected chi connectivity index (χ0v) is 16.2. The van der Waals surface area contributed by atoms with Crippen LogP contribution in [0, 0.1) is 0 Å². The molecule has 7 nitrogen and oxygen atoms in total. The maximum Gasteiger partial charge on any atom is 0.269 e. The average Bonchev–Trinajstić information content (AvgIpc) is 3.47. The van der Waals surface area contributed by atoms with Gasteiger partial charge in [-0.05, 0) is 69.4 Å². The molecule has 0 aromatic heterocycles. The first-order valence-corrected chi connectivity index (χ1v) is 9.68. The lowest BCUT2D eigenvalue weighted by Gasteiger charge is -2.25. The number of hydrazone groups is 1. The van der Waals surface area contributed by atoms with E-state index in [0.29, 0.717) is 23.5 Å². The monoisotopic (exact) mass is 381 g/mol. The molecule has 2 amide bonds. The van der Waals surface area contributed by atoms with E-state index in [9.17, 15) is 9.59 Å². The summed E-state index contributed by atoms with van der Waals surface area (Å²) in [6.45, 7) is 6.09. The summed E-state index contributed by atoms with van der Waals surface area (Å²) >= 11 is 0. The number of rotatable bonds is 8. The second-order valence-corrected chi connectivity index (χ2v) is 7.06. The van der Waals surface area contributed by atoms with Crippen LogP contribution in [-0.2, 0) is 4.79 Å². The molecule has 2 fully saturated rings. The van der Waals surface area contributed by atoms with Crippen molar-refractivity contribution in [1.82, 2.24) is 10.6 Å². The number of carbonyl (C=O) groups excluding carboxylic acids is 2. The van der Waals surface area contributed by atoms with Gasteiger partial charge in [-0.3, -0.25) is 9.59 Å². The molecule has 0 saturated heterocycles. The van der Waals surface area contributed by atoms with Gasteiger partial charge in [0.15, 0.2) is 0 Å². The standard InChI is InChI=1S/C21H27N5O2/c1-3-24-20(27)15-7-11-17(12-8-15)26(23-2)18(13-14-5-4-6-14)19(22)21(28)25-16-9-10-16/h7-8,11-13,16H,2-6,9-10,22H2,1H3,(H,24,27)(H,25,28)/b19-18-. The zero-order valence-electron chi connectivity index (χ0n) is 16.2. The summed E-state index contributed by atoms with van der Waals surface area (Å²) in [5.41, 5.74) is 9.31. The number of nitrogens with one attached hydrogen (secondary N) is 2. The Bertz CT molecular complexity index is 816. The summed E-state index contributed by atoms with van der Waals surface area (Å²) in [4.78, 5) is 24.5. The van der Waals surface area contributed by atoms with E-state index in [1.807, 2.05) is 13.0 Å². The van der Waals surface area contributed by atoms with Gasteiger partial charge < -0.3 is 16.4 Å². The second kappa shape index (κ2) is 8.73. The Morgan fingerprint density at radius 3 is 2.46 bits per heavy atom. The SMILES string of the molecule is C=NN(/C(C=C1CCC1)=C(\N)C(=O)NC1CC1)c1ccc(C(=O)NCC)cc1. The normalized spacial score (nSPS) is 16.4. The molecule has 0 spiro atoms. The number of hydrogen-bond acceptors (Lipinski definition) is 5. The smallest absolute Gasteiger partial charge is 0.269 e. The van der Waals surface area contributed by atoms with Crippen molar-refractivity contribution in [2.75, 3.05) is 11.6 Å². The van der Waals surface area contributed by atoms with Crippen molar-refractivity contribution in [2.24, 2.45) is 10.8 Å². The quantitative estimate of drug-likeness (QED) is 0.366. The minimum atomic E-state index is -0.290. The molecule has 2 aliphatic rings. The number of anilines is 1. The number of hydrogen-bond donors (Lipinski definition) is 3. The van der Waals surface area contributed by atoms with Crippen LogP contribution in [0.15, 0.2) is 52.4 Å². The highest BCUT2D eigenvalue weighted by atomic mass is 16.2. The van der Waals surface area contributed by atoms with Gasteiger partial charge in [-0.2, -0.15) is 5.10 Å². The molecule has 0 aliphatic heterocycles. The first-order valence-electron chi connectivity index (χ1n) is 9.68. The Morgan fingerprint density at radius 1 is 1.29 bits per heavy atom. The lowest BCUT2D eigenvalue weighted by molar-refractivity contribution is -0.117. The largest absolute Gasteiger partial charge is 0.393 e. The van der Waals surface area contributed by atoms with E-state index in [2.05, 4.69) is 22.5 Å². The van der Waals surface area contributed by atoms with Crippen molar-refractivity contribution in [3.05, 3.63) is 52.9 Å². The molecule has 1 aromatic carbocycles. The van der Waals surface area contributed by atoms with E-state index >= 15 is 0 Å². The number of carbonyl (C=O) groups is 2. The van der Waals surface area contributed by atoms with Crippen molar-refractivity contribution in [3.8, 4) is 0 Å². The molecule has 4 N–H and O–H groups in total. The van der Waals surface area contributed by atoms with E-state index in [0.717, 1.165) is 32.1 Å². The van der Waals surface area contributed by atoms with E-state index < -0.39 is 0 Å². The molecule has 0 atom stereocenters. The Balaban J connectivity index is 1.91. The van der Waals surface area contributed by atoms with Gasteiger partial charge in [0.2, 0.25) is 0 Å². The third-order valence-electron chi connectivity index (χ3n) is 4.85. The van der Waals surface area contributed by atoms with Crippen LogP contribution >= 0.6 is 0 Å². The molecule has 1 aromatic rings. The van der Waals surface area contributed by atoms with Crippen LogP contribution in [0.25, 0.3) is 0 Å². The van der Waals surface area contributed by atoms with Crippen LogP contribution in [0.5, 0.6) is 0 Å². The Kier molecular flexibility index (Phi) is 6.13. The highest BCUT2D eigenvalue weighted by Gasteiger charge is 2.26. The zero-order chi connectivity index (χ0) is 20.1. The van der Waals surface area contributed by atoms with Gasteiger partial charge >= 0.3 is 0 Å². The van der Waals surface area contributed by atoms with Gasteiger partial charge in [0.1, 0.15) is 5.70 Å². The molecule has 0 unspecified atom stereocenters. The molecule has 2 saturated carbocycles. The molecule has 0 heterocycles. The Labute approximate surface area is 165 Å². The summed E-state index contributed by atoms with van der Waals surface area (Å²) in [7, 11) is 0. The van der Waals surface area contributed by atoms with E-state index in [-0.39, 0.29) is 23.6 Å². The highest BCUT2D eigenvalue weighted by Crippen LogP contribution is 2.30. The molecule has 3 rings (SSSR count). The van der Waals surface area contributed by atoms with Gasteiger partial charge in [-0.1, -0.05) is 5.57 Å². The topological polar surface area (TPSA) is 99.8 Å². The maximum atomic E-state index is 12.5. The summed E-state index contributed by atoms with van der Waals surface area (Å²) < 4.78 is 0. The number of nitrogens with zero attached hydrogens (tertiary/aromatic N) is 2. The number of nitrogens with two attached hydrogens (primary N) is 1. The second-order valence-electron chi connectivity index (χ2n) is 7.06. The minimum absolute atomic E-state index is 0.117. The lowest BCUT2D eigenvalue weighted by atomic mass is 9.91. The summed E-state index contributed by atoms with van der Waals surface area (Å²) in [6, 6.07) is 7.18. The Hall–Kier alpha value is -3.09. The number of benzene rings is 1. The number of allylic oxidation sites excluding steroid dienone is 2. The maximum absolute atomic E-state index is 12.5. The van der Waals surface area contributed by atoms with E-state index in [4.69, 9.17) is 5.73 Å². The molecule has 7 heteroatoms. The van der Waals surface area contributed by atoms with Crippen LogP contribution in [0.1, 0.15) is 49.4 Å². The average molecular weight is 381 g/mol. The lowest BCUT2D eigenvalue weighted by Crippen LogP contribution is -2.33. The summed E-state index contributed by atoms with van der Waals surface area (Å²) in [6.07, 6.45) is 7.01. The molecule has 148 valence electrons. The fraction of sp³-hybridized carbons (Fsp3) is 0.381. The minimum Gasteiger partial charge on any atom is -0.393 e. The third-order valence-corrected chi connectivity index (χ3v) is 4.85. The molecule has 2 aliphatic carbocycles. The predicted molar refractivity (Wildman–Crippen MR) is 111 cm³/mol. The van der Waals surface area contributed by atoms with Crippen LogP contribution in [0.4, 0.5) is 5.69 Å². The van der Waals surface area contributed by atoms with Gasteiger partial charge in [-0.25, -0.2) is 5.01 Å². The first-order chi connectivity index (χ1) is 13.5.